The van der Waals surface area contributed by atoms with Gasteiger partial charge in [0.2, 0.25) is 11.8 Å². The summed E-state index contributed by atoms with van der Waals surface area (Å²) in [5.41, 5.74) is 1.83. The molecule has 2 N–H and O–H groups in total. The van der Waals surface area contributed by atoms with Crippen LogP contribution in [0.25, 0.3) is 0 Å². The molecule has 1 unspecified atom stereocenters. The number of benzene rings is 1. The molecule has 0 spiro atoms. The van der Waals surface area contributed by atoms with Crippen molar-refractivity contribution in [3.8, 4) is 0 Å². The first-order chi connectivity index (χ1) is 12.6. The van der Waals surface area contributed by atoms with Gasteiger partial charge in [-0.15, -0.1) is 0 Å². The van der Waals surface area contributed by atoms with E-state index in [1.165, 1.54) is 0 Å². The first kappa shape index (κ1) is 16.7. The van der Waals surface area contributed by atoms with Gasteiger partial charge in [-0.25, -0.2) is 0 Å². The summed E-state index contributed by atoms with van der Waals surface area (Å²) in [5, 5.41) is 5.98. The van der Waals surface area contributed by atoms with Crippen molar-refractivity contribution in [1.29, 1.82) is 0 Å². The Hall–Kier alpha value is -2.73. The number of nitrogens with one attached hydrogen (secondary N) is 2. The number of piperazine rings is 1. The lowest BCUT2D eigenvalue weighted by molar-refractivity contribution is -0.131. The predicted molar refractivity (Wildman–Crippen MR) is 98.1 cm³/mol. The molecule has 26 heavy (non-hydrogen) atoms. The Balaban J connectivity index is 1.57. The molecule has 4 rings (SSSR count). The van der Waals surface area contributed by atoms with E-state index in [9.17, 15) is 9.59 Å². The van der Waals surface area contributed by atoms with Crippen LogP contribution in [0.4, 0.5) is 5.69 Å². The fourth-order valence-corrected chi connectivity index (χ4v) is 4.20. The maximum absolute atomic E-state index is 12.9. The molecule has 0 saturated carbocycles. The van der Waals surface area contributed by atoms with Crippen LogP contribution in [0.15, 0.2) is 54.9 Å². The van der Waals surface area contributed by atoms with Gasteiger partial charge in [0.25, 0.3) is 0 Å². The molecule has 1 aromatic heterocycles. The van der Waals surface area contributed by atoms with Gasteiger partial charge in [0.05, 0.1) is 23.8 Å². The molecule has 6 heteroatoms. The maximum Gasteiger partial charge on any atom is 0.237 e. The minimum absolute atomic E-state index is 0.0151. The quantitative estimate of drug-likeness (QED) is 0.882. The second-order valence-corrected chi connectivity index (χ2v) is 7.03. The Bertz CT molecular complexity index is 796. The van der Waals surface area contributed by atoms with Gasteiger partial charge >= 0.3 is 0 Å². The van der Waals surface area contributed by atoms with Crippen LogP contribution < -0.4 is 10.6 Å². The van der Waals surface area contributed by atoms with E-state index in [0.29, 0.717) is 18.7 Å². The third-order valence-corrected chi connectivity index (χ3v) is 5.33. The average molecular weight is 350 g/mol. The predicted octanol–water partition coefficient (Wildman–Crippen LogP) is 1.80. The fraction of sp³-hybridized carbons (Fsp3) is 0.350. The molecule has 0 aliphatic carbocycles. The van der Waals surface area contributed by atoms with Crippen molar-refractivity contribution >= 4 is 17.5 Å². The number of nitrogens with zero attached hydrogens (tertiary/aromatic N) is 2. The number of hydrogen-bond acceptors (Lipinski definition) is 4. The maximum atomic E-state index is 12.9. The molecular weight excluding hydrogens is 328 g/mol. The molecule has 2 aliphatic rings. The largest absolute Gasteiger partial charge is 0.351 e. The van der Waals surface area contributed by atoms with Crippen LogP contribution in [0.5, 0.6) is 0 Å². The standard InChI is InChI=1S/C20H22N4O2/c1-13-18-16(19(25)23-15-8-5-9-21-11-15)10-17(20(26)22-13)24(18)12-14-6-3-2-4-7-14/h2-9,11,13,16-18H,10,12H2,1H3,(H,22,26)(H,23,25)/t13?,16-,17+,18+/m0/s1. The first-order valence-corrected chi connectivity index (χ1v) is 8.94. The van der Waals surface area contributed by atoms with E-state index >= 15 is 0 Å². The Morgan fingerprint density at radius 1 is 1.27 bits per heavy atom. The molecule has 1 aromatic carbocycles. The van der Waals surface area contributed by atoms with Gasteiger partial charge in [0.15, 0.2) is 0 Å². The lowest BCUT2D eigenvalue weighted by Crippen LogP contribution is -2.60. The second kappa shape index (κ2) is 6.88. The van der Waals surface area contributed by atoms with E-state index in [2.05, 4.69) is 32.7 Å². The van der Waals surface area contributed by atoms with Crippen molar-refractivity contribution in [2.75, 3.05) is 5.32 Å². The normalized spacial score (nSPS) is 27.8. The van der Waals surface area contributed by atoms with E-state index < -0.39 is 0 Å². The number of hydrogen-bond donors (Lipinski definition) is 2. The van der Waals surface area contributed by atoms with E-state index in [0.717, 1.165) is 5.56 Å². The number of carbonyl (C=O) groups excluding carboxylic acids is 2. The minimum atomic E-state index is -0.263. The fourth-order valence-electron chi connectivity index (χ4n) is 4.20. The third-order valence-electron chi connectivity index (χ3n) is 5.33. The molecule has 6 nitrogen and oxygen atoms in total. The Kier molecular flexibility index (Phi) is 4.42. The molecular formula is C20H22N4O2. The van der Waals surface area contributed by atoms with Gasteiger partial charge in [-0.3, -0.25) is 19.5 Å². The molecule has 0 radical (unpaired) electrons. The van der Waals surface area contributed by atoms with E-state index in [1.807, 2.05) is 31.2 Å². The van der Waals surface area contributed by atoms with Crippen LogP contribution in [0.1, 0.15) is 18.9 Å². The summed E-state index contributed by atoms with van der Waals surface area (Å²) in [6.45, 7) is 2.65. The van der Waals surface area contributed by atoms with Crippen molar-refractivity contribution < 1.29 is 9.59 Å². The molecule has 2 aliphatic heterocycles. The summed E-state index contributed by atoms with van der Waals surface area (Å²) in [4.78, 5) is 31.6. The number of fused-ring (bicyclic) bond motifs is 2. The van der Waals surface area contributed by atoms with Gasteiger partial charge in [0.1, 0.15) is 0 Å². The van der Waals surface area contributed by atoms with E-state index in [-0.39, 0.29) is 35.9 Å². The summed E-state index contributed by atoms with van der Waals surface area (Å²) in [7, 11) is 0. The smallest absolute Gasteiger partial charge is 0.237 e. The van der Waals surface area contributed by atoms with Crippen LogP contribution in [-0.4, -0.2) is 39.8 Å². The molecule has 2 bridgehead atoms. The van der Waals surface area contributed by atoms with Crippen LogP contribution >= 0.6 is 0 Å². The molecule has 2 saturated heterocycles. The molecule has 2 aromatic rings. The molecule has 2 amide bonds. The highest BCUT2D eigenvalue weighted by atomic mass is 16.2. The summed E-state index contributed by atoms with van der Waals surface area (Å²) < 4.78 is 0. The van der Waals surface area contributed by atoms with Gasteiger partial charge in [-0.05, 0) is 31.0 Å². The molecule has 4 atom stereocenters. The number of pyridine rings is 1. The molecule has 2 fully saturated rings. The topological polar surface area (TPSA) is 74.3 Å². The van der Waals surface area contributed by atoms with Gasteiger partial charge < -0.3 is 10.6 Å². The first-order valence-electron chi connectivity index (χ1n) is 8.94. The van der Waals surface area contributed by atoms with Crippen molar-refractivity contribution in [2.45, 2.75) is 38.0 Å². The van der Waals surface area contributed by atoms with Crippen molar-refractivity contribution in [1.82, 2.24) is 15.2 Å². The van der Waals surface area contributed by atoms with E-state index in [1.54, 1.807) is 18.5 Å². The average Bonchev–Trinajstić information content (AvgIpc) is 2.96. The van der Waals surface area contributed by atoms with Gasteiger partial charge in [0, 0.05) is 24.8 Å². The number of carbonyl (C=O) groups is 2. The summed E-state index contributed by atoms with van der Waals surface area (Å²) >= 11 is 0. The van der Waals surface area contributed by atoms with Gasteiger partial charge in [-0.2, -0.15) is 0 Å². The zero-order chi connectivity index (χ0) is 18.1. The highest BCUT2D eigenvalue weighted by Gasteiger charge is 2.53. The molecule has 3 heterocycles. The summed E-state index contributed by atoms with van der Waals surface area (Å²) in [6, 6.07) is 13.3. The Morgan fingerprint density at radius 2 is 2.08 bits per heavy atom. The number of anilines is 1. The van der Waals surface area contributed by atoms with Crippen molar-refractivity contribution in [2.24, 2.45) is 5.92 Å². The highest BCUT2D eigenvalue weighted by molar-refractivity contribution is 5.95. The van der Waals surface area contributed by atoms with Gasteiger partial charge in [-0.1, -0.05) is 30.3 Å². The zero-order valence-corrected chi connectivity index (χ0v) is 14.6. The summed E-state index contributed by atoms with van der Waals surface area (Å²) in [6.07, 6.45) is 3.85. The SMILES string of the molecule is CC1NC(=O)[C@H]2C[C@H](C(=O)Nc3cccnc3)[C@@H]1N2Cc1ccccc1. The van der Waals surface area contributed by atoms with Crippen molar-refractivity contribution in [3.05, 3.63) is 60.4 Å². The monoisotopic (exact) mass is 350 g/mol. The van der Waals surface area contributed by atoms with Crippen LogP contribution in [0.3, 0.4) is 0 Å². The summed E-state index contributed by atoms with van der Waals surface area (Å²) in [5.74, 6) is -0.272. The van der Waals surface area contributed by atoms with Crippen LogP contribution in [-0.2, 0) is 16.1 Å². The number of rotatable bonds is 4. The minimum Gasteiger partial charge on any atom is -0.351 e. The highest BCUT2D eigenvalue weighted by Crippen LogP contribution is 2.37. The zero-order valence-electron chi connectivity index (χ0n) is 14.6. The van der Waals surface area contributed by atoms with E-state index in [4.69, 9.17) is 0 Å². The lowest BCUT2D eigenvalue weighted by atomic mass is 9.94. The number of aromatic nitrogens is 1. The van der Waals surface area contributed by atoms with Crippen molar-refractivity contribution in [3.63, 3.8) is 0 Å². The van der Waals surface area contributed by atoms with Crippen LogP contribution in [0, 0.1) is 5.92 Å². The molecule has 134 valence electrons. The second-order valence-electron chi connectivity index (χ2n) is 7.03. The number of amides is 2. The Morgan fingerprint density at radius 3 is 2.81 bits per heavy atom. The Labute approximate surface area is 152 Å². The lowest BCUT2D eigenvalue weighted by Gasteiger charge is -2.39. The third kappa shape index (κ3) is 3.08. The van der Waals surface area contributed by atoms with Crippen LogP contribution in [0.2, 0.25) is 0 Å².